The lowest BCUT2D eigenvalue weighted by Gasteiger charge is -2.40. The quantitative estimate of drug-likeness (QED) is 0.330. The van der Waals surface area contributed by atoms with Gasteiger partial charge in [-0.25, -0.2) is 19.9 Å². The second-order valence-electron chi connectivity index (χ2n) is 11.2. The molecule has 10 heteroatoms. The zero-order chi connectivity index (χ0) is 26.4. The molecule has 0 amide bonds. The monoisotopic (exact) mass is 535 g/mol. The van der Waals surface area contributed by atoms with Crippen LogP contribution in [0.5, 0.6) is 0 Å². The molecule has 1 saturated carbocycles. The predicted molar refractivity (Wildman–Crippen MR) is 148 cm³/mol. The summed E-state index contributed by atoms with van der Waals surface area (Å²) in [7, 11) is 0. The third-order valence-corrected chi connectivity index (χ3v) is 8.55. The number of fused-ring (bicyclic) bond motifs is 1. The lowest BCUT2D eigenvalue weighted by molar-refractivity contribution is 0.265. The molecule has 1 N–H and O–H groups in total. The number of H-pyrrole nitrogens is 1. The molecule has 1 saturated heterocycles. The van der Waals surface area contributed by atoms with Crippen LogP contribution >= 0.6 is 11.6 Å². The van der Waals surface area contributed by atoms with E-state index in [1.54, 1.807) is 12.4 Å². The van der Waals surface area contributed by atoms with E-state index >= 15 is 0 Å². The highest BCUT2D eigenvalue weighted by atomic mass is 35.5. The SMILES string of the molecule is C[C@@H]1CCC[C@@H](C)N1c1nc2cc(-c3n[nH]c(=O)o3)nc(-c3cncc(Cl)c3)c2n1C[C@H]1CC[C@H](C)CC1. The van der Waals surface area contributed by atoms with Crippen LogP contribution in [0.2, 0.25) is 5.02 Å². The fourth-order valence-corrected chi connectivity index (χ4v) is 6.47. The zero-order valence-electron chi connectivity index (χ0n) is 22.2. The molecule has 0 bridgehead atoms. The van der Waals surface area contributed by atoms with Crippen molar-refractivity contribution in [2.24, 2.45) is 11.8 Å². The highest BCUT2D eigenvalue weighted by Gasteiger charge is 2.32. The van der Waals surface area contributed by atoms with E-state index in [-0.39, 0.29) is 5.89 Å². The summed E-state index contributed by atoms with van der Waals surface area (Å²) in [6.07, 6.45) is 11.8. The minimum atomic E-state index is -0.624. The van der Waals surface area contributed by atoms with Gasteiger partial charge in [-0.2, -0.15) is 0 Å². The number of anilines is 1. The van der Waals surface area contributed by atoms with Crippen molar-refractivity contribution < 1.29 is 4.42 Å². The summed E-state index contributed by atoms with van der Waals surface area (Å²) in [5.41, 5.74) is 3.67. The van der Waals surface area contributed by atoms with Crippen molar-refractivity contribution >= 4 is 28.6 Å². The average Bonchev–Trinajstić information content (AvgIpc) is 3.48. The molecule has 9 nitrogen and oxygen atoms in total. The number of nitrogens with zero attached hydrogens (tertiary/aromatic N) is 6. The van der Waals surface area contributed by atoms with E-state index in [9.17, 15) is 4.79 Å². The fraction of sp³-hybridized carbons (Fsp3) is 0.536. The average molecular weight is 536 g/mol. The Kier molecular flexibility index (Phi) is 6.72. The first-order valence-electron chi connectivity index (χ1n) is 13.7. The first kappa shape index (κ1) is 25.1. The summed E-state index contributed by atoms with van der Waals surface area (Å²) < 4.78 is 7.67. The second-order valence-corrected chi connectivity index (χ2v) is 11.7. The second kappa shape index (κ2) is 10.2. The van der Waals surface area contributed by atoms with Gasteiger partial charge in [0.2, 0.25) is 5.95 Å². The number of halogens is 1. The van der Waals surface area contributed by atoms with Gasteiger partial charge >= 0.3 is 5.76 Å². The Labute approximate surface area is 226 Å². The van der Waals surface area contributed by atoms with Gasteiger partial charge in [-0.1, -0.05) is 31.4 Å². The highest BCUT2D eigenvalue weighted by molar-refractivity contribution is 6.30. The largest absolute Gasteiger partial charge is 0.434 e. The molecule has 0 aromatic carbocycles. The normalized spacial score (nSPS) is 24.3. The number of pyridine rings is 2. The predicted octanol–water partition coefficient (Wildman–Crippen LogP) is 6.08. The van der Waals surface area contributed by atoms with Gasteiger partial charge in [0, 0.05) is 36.6 Å². The highest BCUT2D eigenvalue weighted by Crippen LogP contribution is 2.39. The standard InChI is InChI=1S/C28H34ClN7O2/c1-16-7-9-19(10-8-16)15-35-25-22(32-27(35)36-17(2)5-4-6-18(36)3)12-23(26-33-34-28(37)38-26)31-24(25)20-11-21(29)14-30-13-20/h11-14,16-19H,4-10,15H2,1-3H3,(H,34,37)/t16-,17-,18-,19-/m1/s1. The molecule has 4 aromatic rings. The fourth-order valence-electron chi connectivity index (χ4n) is 6.29. The van der Waals surface area contributed by atoms with Crippen LogP contribution < -0.4 is 10.7 Å². The topological polar surface area (TPSA) is 106 Å². The molecule has 2 atom stereocenters. The maximum absolute atomic E-state index is 11.7. The third-order valence-electron chi connectivity index (χ3n) is 8.34. The maximum atomic E-state index is 11.7. The number of hydrogen-bond donors (Lipinski definition) is 1. The van der Waals surface area contributed by atoms with E-state index in [0.717, 1.165) is 47.8 Å². The van der Waals surface area contributed by atoms with Gasteiger partial charge in [0.15, 0.2) is 0 Å². The van der Waals surface area contributed by atoms with E-state index in [2.05, 4.69) is 45.4 Å². The van der Waals surface area contributed by atoms with Crippen LogP contribution in [0, 0.1) is 11.8 Å². The molecule has 200 valence electrons. The van der Waals surface area contributed by atoms with Gasteiger partial charge in [-0.15, -0.1) is 5.10 Å². The summed E-state index contributed by atoms with van der Waals surface area (Å²) in [6.45, 7) is 7.83. The minimum Gasteiger partial charge on any atom is -0.386 e. The van der Waals surface area contributed by atoms with Gasteiger partial charge < -0.3 is 13.9 Å². The Bertz CT molecular complexity index is 1490. The van der Waals surface area contributed by atoms with Gasteiger partial charge in [0.1, 0.15) is 5.69 Å². The lowest BCUT2D eigenvalue weighted by atomic mass is 9.83. The maximum Gasteiger partial charge on any atom is 0.434 e. The molecule has 2 fully saturated rings. The Balaban J connectivity index is 1.59. The van der Waals surface area contributed by atoms with Crippen LogP contribution in [0.15, 0.2) is 33.7 Å². The Morgan fingerprint density at radius 1 is 1.03 bits per heavy atom. The van der Waals surface area contributed by atoms with Crippen LogP contribution in [-0.4, -0.2) is 41.8 Å². The number of hydrogen-bond acceptors (Lipinski definition) is 7. The van der Waals surface area contributed by atoms with Gasteiger partial charge in [-0.05, 0) is 69.9 Å². The molecule has 38 heavy (non-hydrogen) atoms. The molecule has 2 aliphatic rings. The lowest BCUT2D eigenvalue weighted by Crippen LogP contribution is -2.45. The molecule has 1 aliphatic heterocycles. The molecule has 0 radical (unpaired) electrons. The molecule has 4 aromatic heterocycles. The van der Waals surface area contributed by atoms with Crippen LogP contribution in [0.4, 0.5) is 5.95 Å². The number of nitrogens with one attached hydrogen (secondary N) is 1. The molecule has 6 rings (SSSR count). The first-order valence-corrected chi connectivity index (χ1v) is 14.1. The van der Waals surface area contributed by atoms with Crippen molar-refractivity contribution in [1.29, 1.82) is 0 Å². The molecular weight excluding hydrogens is 502 g/mol. The van der Waals surface area contributed by atoms with Crippen LogP contribution in [0.3, 0.4) is 0 Å². The molecule has 1 aliphatic carbocycles. The number of rotatable bonds is 5. The van der Waals surface area contributed by atoms with E-state index in [1.165, 1.54) is 32.1 Å². The van der Waals surface area contributed by atoms with Gasteiger partial charge in [0.05, 0.1) is 21.7 Å². The first-order chi connectivity index (χ1) is 18.4. The smallest absolute Gasteiger partial charge is 0.386 e. The van der Waals surface area contributed by atoms with Crippen molar-refractivity contribution in [2.75, 3.05) is 4.90 Å². The number of imidazole rings is 1. The van der Waals surface area contributed by atoms with E-state index in [1.807, 2.05) is 12.1 Å². The summed E-state index contributed by atoms with van der Waals surface area (Å²) in [4.78, 5) is 28.8. The summed E-state index contributed by atoms with van der Waals surface area (Å²) in [5, 5.41) is 6.91. The van der Waals surface area contributed by atoms with Gasteiger partial charge in [-0.3, -0.25) is 4.98 Å². The Morgan fingerprint density at radius 3 is 2.47 bits per heavy atom. The molecule has 0 unspecified atom stereocenters. The number of aromatic amines is 1. The molecule has 5 heterocycles. The summed E-state index contributed by atoms with van der Waals surface area (Å²) in [5.74, 6) is 1.85. The van der Waals surface area contributed by atoms with E-state index in [4.69, 9.17) is 26.0 Å². The van der Waals surface area contributed by atoms with Crippen molar-refractivity contribution in [2.45, 2.75) is 84.3 Å². The van der Waals surface area contributed by atoms with Crippen molar-refractivity contribution in [3.8, 4) is 22.8 Å². The van der Waals surface area contributed by atoms with Crippen LogP contribution in [0.1, 0.15) is 65.7 Å². The number of piperidine rings is 1. The molecule has 0 spiro atoms. The van der Waals surface area contributed by atoms with Crippen molar-refractivity contribution in [3.05, 3.63) is 40.1 Å². The third kappa shape index (κ3) is 4.72. The van der Waals surface area contributed by atoms with E-state index in [0.29, 0.717) is 34.4 Å². The summed E-state index contributed by atoms with van der Waals surface area (Å²) in [6, 6.07) is 4.51. The number of aromatic nitrogens is 6. The summed E-state index contributed by atoms with van der Waals surface area (Å²) >= 11 is 6.38. The van der Waals surface area contributed by atoms with Crippen molar-refractivity contribution in [1.82, 2.24) is 29.7 Å². The zero-order valence-corrected chi connectivity index (χ0v) is 22.9. The van der Waals surface area contributed by atoms with E-state index < -0.39 is 5.76 Å². The Hall–Kier alpha value is -3.20. The van der Waals surface area contributed by atoms with Gasteiger partial charge in [0.25, 0.3) is 5.89 Å². The van der Waals surface area contributed by atoms with Crippen molar-refractivity contribution in [3.63, 3.8) is 0 Å². The van der Waals surface area contributed by atoms with Crippen LogP contribution in [0.25, 0.3) is 33.9 Å². The van der Waals surface area contributed by atoms with Crippen LogP contribution in [-0.2, 0) is 6.54 Å². The molecular formula is C28H34ClN7O2. The minimum absolute atomic E-state index is 0.130. The Morgan fingerprint density at radius 2 is 1.79 bits per heavy atom.